The Hall–Kier alpha value is -1.00. The van der Waals surface area contributed by atoms with Crippen molar-refractivity contribution in [3.63, 3.8) is 0 Å². The van der Waals surface area contributed by atoms with Gasteiger partial charge in [-0.1, -0.05) is 6.92 Å². The molecule has 1 aromatic rings. The van der Waals surface area contributed by atoms with Crippen molar-refractivity contribution in [2.75, 3.05) is 13.2 Å². The van der Waals surface area contributed by atoms with Crippen molar-refractivity contribution in [1.29, 1.82) is 0 Å². The fourth-order valence-corrected chi connectivity index (χ4v) is 2.01. The summed E-state index contributed by atoms with van der Waals surface area (Å²) in [7, 11) is 0. The lowest BCUT2D eigenvalue weighted by atomic mass is 9.92. The van der Waals surface area contributed by atoms with Gasteiger partial charge in [0.1, 0.15) is 5.82 Å². The molecule has 17 heavy (non-hydrogen) atoms. The third-order valence-electron chi connectivity index (χ3n) is 2.68. The molecule has 0 saturated carbocycles. The Morgan fingerprint density at radius 1 is 1.41 bits per heavy atom. The van der Waals surface area contributed by atoms with Crippen LogP contribution < -0.4 is 5.32 Å². The molecule has 0 amide bonds. The normalized spacial score (nSPS) is 13.7. The molecule has 3 nitrogen and oxygen atoms in total. The van der Waals surface area contributed by atoms with Crippen LogP contribution in [0.15, 0.2) is 18.5 Å². The van der Waals surface area contributed by atoms with Crippen LogP contribution in [0, 0.1) is 5.82 Å². The summed E-state index contributed by atoms with van der Waals surface area (Å²) in [5.74, 6) is -0.322. The van der Waals surface area contributed by atoms with Gasteiger partial charge in [-0.15, -0.1) is 0 Å². The van der Waals surface area contributed by atoms with E-state index >= 15 is 0 Å². The van der Waals surface area contributed by atoms with E-state index in [0.29, 0.717) is 6.61 Å². The van der Waals surface area contributed by atoms with Crippen LogP contribution in [0.3, 0.4) is 0 Å². The lowest BCUT2D eigenvalue weighted by Gasteiger charge is -2.34. The summed E-state index contributed by atoms with van der Waals surface area (Å²) in [4.78, 5) is 3.89. The molecule has 0 aliphatic heterocycles. The topological polar surface area (TPSA) is 34.2 Å². The smallest absolute Gasteiger partial charge is 0.141 e. The molecule has 96 valence electrons. The second-order valence-electron chi connectivity index (χ2n) is 4.46. The Morgan fingerprint density at radius 2 is 2.12 bits per heavy atom. The molecule has 4 heteroatoms. The average Bonchev–Trinajstić information content (AvgIpc) is 2.25. The molecule has 0 aromatic carbocycles. The van der Waals surface area contributed by atoms with Crippen molar-refractivity contribution >= 4 is 0 Å². The lowest BCUT2D eigenvalue weighted by molar-refractivity contribution is -0.0390. The number of likely N-dealkylation sites (N-methyl/N-ethyl adjacent to an activating group) is 1. The summed E-state index contributed by atoms with van der Waals surface area (Å²) in [6.07, 6.45) is 2.89. The Balaban J connectivity index is 3.00. The molecular formula is C13H21FN2O. The molecule has 1 rings (SSSR count). The fraction of sp³-hybridized carbons (Fsp3) is 0.615. The van der Waals surface area contributed by atoms with Gasteiger partial charge >= 0.3 is 0 Å². The zero-order chi connectivity index (χ0) is 12.9. The van der Waals surface area contributed by atoms with Crippen molar-refractivity contribution in [2.45, 2.75) is 39.3 Å². The highest BCUT2D eigenvalue weighted by Gasteiger charge is 2.31. The number of pyridine rings is 1. The first-order valence-electron chi connectivity index (χ1n) is 5.99. The Labute approximate surface area is 102 Å². The predicted octanol–water partition coefficient (Wildman–Crippen LogP) is 2.69. The zero-order valence-electron chi connectivity index (χ0n) is 11.0. The van der Waals surface area contributed by atoms with Gasteiger partial charge in [0.05, 0.1) is 17.8 Å². The molecule has 1 aromatic heterocycles. The molecule has 0 spiro atoms. The van der Waals surface area contributed by atoms with Crippen molar-refractivity contribution in [3.8, 4) is 0 Å². The highest BCUT2D eigenvalue weighted by atomic mass is 19.1. The van der Waals surface area contributed by atoms with Crippen LogP contribution in [0.25, 0.3) is 0 Å². The first kappa shape index (κ1) is 14.1. The number of rotatable bonds is 6. The third kappa shape index (κ3) is 3.75. The number of aromatic nitrogens is 1. The SMILES string of the molecule is CCNC(c1cncc(F)c1)C(C)(C)OCC. The molecule has 1 heterocycles. The minimum Gasteiger partial charge on any atom is -0.374 e. The number of ether oxygens (including phenoxy) is 1. The highest BCUT2D eigenvalue weighted by Crippen LogP contribution is 2.28. The lowest BCUT2D eigenvalue weighted by Crippen LogP contribution is -2.41. The second kappa shape index (κ2) is 6.07. The van der Waals surface area contributed by atoms with Crippen LogP contribution in [-0.2, 0) is 4.74 Å². The van der Waals surface area contributed by atoms with Crippen molar-refractivity contribution < 1.29 is 9.13 Å². The Bertz CT molecular complexity index is 355. The molecule has 0 fully saturated rings. The quantitative estimate of drug-likeness (QED) is 0.830. The van der Waals surface area contributed by atoms with Crippen LogP contribution >= 0.6 is 0 Å². The minimum atomic E-state index is -0.403. The molecule has 0 aliphatic rings. The van der Waals surface area contributed by atoms with E-state index in [4.69, 9.17) is 4.74 Å². The summed E-state index contributed by atoms with van der Waals surface area (Å²) < 4.78 is 18.9. The highest BCUT2D eigenvalue weighted by molar-refractivity contribution is 5.18. The van der Waals surface area contributed by atoms with Crippen LogP contribution in [-0.4, -0.2) is 23.7 Å². The summed E-state index contributed by atoms with van der Waals surface area (Å²) in [6, 6.07) is 1.43. The van der Waals surface area contributed by atoms with Gasteiger partial charge in [-0.3, -0.25) is 4.98 Å². The molecule has 0 bridgehead atoms. The van der Waals surface area contributed by atoms with Gasteiger partial charge in [0.2, 0.25) is 0 Å². The standard InChI is InChI=1S/C13H21FN2O/c1-5-16-12(13(3,4)17-6-2)10-7-11(14)9-15-8-10/h7-9,12,16H,5-6H2,1-4H3. The van der Waals surface area contributed by atoms with Crippen LogP contribution in [0.4, 0.5) is 4.39 Å². The van der Waals surface area contributed by atoms with Crippen LogP contribution in [0.1, 0.15) is 39.3 Å². The second-order valence-corrected chi connectivity index (χ2v) is 4.46. The molecule has 0 aliphatic carbocycles. The van der Waals surface area contributed by atoms with Crippen LogP contribution in [0.2, 0.25) is 0 Å². The van der Waals surface area contributed by atoms with Crippen molar-refractivity contribution in [2.24, 2.45) is 0 Å². The van der Waals surface area contributed by atoms with Gasteiger partial charge < -0.3 is 10.1 Å². The van der Waals surface area contributed by atoms with Gasteiger partial charge in [0.15, 0.2) is 0 Å². The van der Waals surface area contributed by atoms with Crippen molar-refractivity contribution in [3.05, 3.63) is 29.8 Å². The van der Waals surface area contributed by atoms with E-state index in [0.717, 1.165) is 12.1 Å². The Morgan fingerprint density at radius 3 is 2.65 bits per heavy atom. The van der Waals surface area contributed by atoms with E-state index in [1.165, 1.54) is 12.3 Å². The largest absolute Gasteiger partial charge is 0.374 e. The summed E-state index contributed by atoms with van der Waals surface area (Å²) in [5.41, 5.74) is 0.408. The molecular weight excluding hydrogens is 219 g/mol. The third-order valence-corrected chi connectivity index (χ3v) is 2.68. The number of nitrogens with zero attached hydrogens (tertiary/aromatic N) is 1. The Kier molecular flexibility index (Phi) is 5.02. The molecule has 1 unspecified atom stereocenters. The van der Waals surface area contributed by atoms with Gasteiger partial charge in [-0.25, -0.2) is 4.39 Å². The van der Waals surface area contributed by atoms with E-state index in [1.807, 2.05) is 27.7 Å². The summed E-state index contributed by atoms with van der Waals surface area (Å²) in [6.45, 7) is 9.37. The number of hydrogen-bond donors (Lipinski definition) is 1. The number of nitrogens with one attached hydrogen (secondary N) is 1. The van der Waals surface area contributed by atoms with Gasteiger partial charge in [0, 0.05) is 12.8 Å². The van der Waals surface area contributed by atoms with E-state index < -0.39 is 5.60 Å². The minimum absolute atomic E-state index is 0.0735. The maximum atomic E-state index is 13.2. The first-order chi connectivity index (χ1) is 8.01. The fourth-order valence-electron chi connectivity index (χ4n) is 2.01. The molecule has 0 radical (unpaired) electrons. The first-order valence-corrected chi connectivity index (χ1v) is 5.99. The van der Waals surface area contributed by atoms with E-state index in [1.54, 1.807) is 6.20 Å². The number of hydrogen-bond acceptors (Lipinski definition) is 3. The van der Waals surface area contributed by atoms with E-state index in [9.17, 15) is 4.39 Å². The summed E-state index contributed by atoms with van der Waals surface area (Å²) >= 11 is 0. The monoisotopic (exact) mass is 240 g/mol. The molecule has 1 N–H and O–H groups in total. The molecule has 0 saturated heterocycles. The summed E-state index contributed by atoms with van der Waals surface area (Å²) in [5, 5.41) is 3.32. The zero-order valence-corrected chi connectivity index (χ0v) is 11.0. The van der Waals surface area contributed by atoms with Crippen molar-refractivity contribution in [1.82, 2.24) is 10.3 Å². The average molecular weight is 240 g/mol. The van der Waals surface area contributed by atoms with Crippen LogP contribution in [0.5, 0.6) is 0 Å². The maximum absolute atomic E-state index is 13.2. The number of halogens is 1. The van der Waals surface area contributed by atoms with E-state index in [-0.39, 0.29) is 11.9 Å². The van der Waals surface area contributed by atoms with Gasteiger partial charge in [0.25, 0.3) is 0 Å². The maximum Gasteiger partial charge on any atom is 0.141 e. The van der Waals surface area contributed by atoms with Gasteiger partial charge in [-0.2, -0.15) is 0 Å². The molecule has 1 atom stereocenters. The van der Waals surface area contributed by atoms with E-state index in [2.05, 4.69) is 10.3 Å². The predicted molar refractivity (Wildman–Crippen MR) is 66.3 cm³/mol. The van der Waals surface area contributed by atoms with Gasteiger partial charge in [-0.05, 0) is 38.9 Å².